The molecular formula is C17H34N2. The van der Waals surface area contributed by atoms with Gasteiger partial charge in [0.05, 0.1) is 0 Å². The summed E-state index contributed by atoms with van der Waals surface area (Å²) in [6.45, 7) is 2.57. The second kappa shape index (κ2) is 8.97. The summed E-state index contributed by atoms with van der Waals surface area (Å²) >= 11 is 0. The molecular weight excluding hydrogens is 232 g/mol. The Morgan fingerprint density at radius 3 is 2.21 bits per heavy atom. The Morgan fingerprint density at radius 1 is 0.842 bits per heavy atom. The smallest absolute Gasteiger partial charge is 0.00922 e. The molecule has 0 aromatic rings. The van der Waals surface area contributed by atoms with Crippen molar-refractivity contribution in [2.45, 2.75) is 89.1 Å². The molecule has 0 amide bonds. The predicted octanol–water partition coefficient (Wildman–Crippen LogP) is 3.95. The van der Waals surface area contributed by atoms with Gasteiger partial charge in [-0.2, -0.15) is 0 Å². The number of hydrogen-bond donors (Lipinski definition) is 1. The van der Waals surface area contributed by atoms with Crippen molar-refractivity contribution in [3.63, 3.8) is 0 Å². The maximum atomic E-state index is 3.60. The summed E-state index contributed by atoms with van der Waals surface area (Å²) in [5.74, 6) is 0. The molecule has 19 heavy (non-hydrogen) atoms. The van der Waals surface area contributed by atoms with Crippen LogP contribution in [0.4, 0.5) is 0 Å². The Morgan fingerprint density at radius 2 is 1.53 bits per heavy atom. The maximum absolute atomic E-state index is 3.60. The standard InChI is InChI=1S/C17H34N2/c1-19(17-10-6-2-3-7-11-17)15-9-5-4-8-14-18-16-12-13-16/h16-18H,2-15H2,1H3. The molecule has 0 aromatic heterocycles. The van der Waals surface area contributed by atoms with E-state index in [9.17, 15) is 0 Å². The number of nitrogens with one attached hydrogen (secondary N) is 1. The first-order valence-corrected chi connectivity index (χ1v) is 8.80. The monoisotopic (exact) mass is 266 g/mol. The van der Waals surface area contributed by atoms with Crippen LogP contribution in [0.15, 0.2) is 0 Å². The van der Waals surface area contributed by atoms with Crippen LogP contribution in [-0.2, 0) is 0 Å². The normalized spacial score (nSPS) is 21.8. The quantitative estimate of drug-likeness (QED) is 0.502. The highest BCUT2D eigenvalue weighted by atomic mass is 15.1. The van der Waals surface area contributed by atoms with E-state index in [1.165, 1.54) is 90.1 Å². The van der Waals surface area contributed by atoms with Crippen molar-refractivity contribution in [2.24, 2.45) is 0 Å². The lowest BCUT2D eigenvalue weighted by Gasteiger charge is -2.27. The van der Waals surface area contributed by atoms with Crippen LogP contribution >= 0.6 is 0 Å². The molecule has 0 atom stereocenters. The molecule has 0 aliphatic heterocycles. The topological polar surface area (TPSA) is 15.3 Å². The lowest BCUT2D eigenvalue weighted by molar-refractivity contribution is 0.216. The third kappa shape index (κ3) is 6.76. The Bertz CT molecular complexity index is 217. The molecule has 2 fully saturated rings. The summed E-state index contributed by atoms with van der Waals surface area (Å²) in [5.41, 5.74) is 0. The van der Waals surface area contributed by atoms with Crippen molar-refractivity contribution in [2.75, 3.05) is 20.1 Å². The minimum absolute atomic E-state index is 0.888. The zero-order chi connectivity index (χ0) is 13.3. The lowest BCUT2D eigenvalue weighted by atomic mass is 10.1. The zero-order valence-corrected chi connectivity index (χ0v) is 13.0. The van der Waals surface area contributed by atoms with E-state index in [2.05, 4.69) is 17.3 Å². The molecule has 2 rings (SSSR count). The highest BCUT2D eigenvalue weighted by Gasteiger charge is 2.19. The van der Waals surface area contributed by atoms with Crippen LogP contribution in [0.2, 0.25) is 0 Å². The predicted molar refractivity (Wildman–Crippen MR) is 83.6 cm³/mol. The average Bonchev–Trinajstić information content (AvgIpc) is 3.24. The van der Waals surface area contributed by atoms with Gasteiger partial charge in [0.15, 0.2) is 0 Å². The van der Waals surface area contributed by atoms with Crippen LogP contribution in [0.25, 0.3) is 0 Å². The zero-order valence-electron chi connectivity index (χ0n) is 13.0. The van der Waals surface area contributed by atoms with E-state index in [1.807, 2.05) is 0 Å². The number of rotatable bonds is 9. The van der Waals surface area contributed by atoms with Gasteiger partial charge in [0.2, 0.25) is 0 Å². The first kappa shape index (κ1) is 15.3. The van der Waals surface area contributed by atoms with Crippen molar-refractivity contribution < 1.29 is 0 Å². The third-order valence-corrected chi connectivity index (χ3v) is 4.90. The summed E-state index contributed by atoms with van der Waals surface area (Å²) in [6, 6.07) is 1.78. The molecule has 0 bridgehead atoms. The summed E-state index contributed by atoms with van der Waals surface area (Å²) in [6.07, 6.45) is 17.2. The van der Waals surface area contributed by atoms with Crippen LogP contribution < -0.4 is 5.32 Å². The second-order valence-electron chi connectivity index (χ2n) is 6.77. The molecule has 2 heteroatoms. The first-order valence-electron chi connectivity index (χ1n) is 8.80. The van der Waals surface area contributed by atoms with E-state index in [4.69, 9.17) is 0 Å². The van der Waals surface area contributed by atoms with Gasteiger partial charge >= 0.3 is 0 Å². The molecule has 0 saturated heterocycles. The van der Waals surface area contributed by atoms with Gasteiger partial charge in [0, 0.05) is 12.1 Å². The van der Waals surface area contributed by atoms with Crippen molar-refractivity contribution >= 4 is 0 Å². The highest BCUT2D eigenvalue weighted by Crippen LogP contribution is 2.21. The molecule has 2 saturated carbocycles. The Hall–Kier alpha value is -0.0800. The molecule has 2 nitrogen and oxygen atoms in total. The van der Waals surface area contributed by atoms with Crippen molar-refractivity contribution in [3.05, 3.63) is 0 Å². The number of hydrogen-bond acceptors (Lipinski definition) is 2. The summed E-state index contributed by atoms with van der Waals surface area (Å²) in [4.78, 5) is 2.65. The lowest BCUT2D eigenvalue weighted by Crippen LogP contribution is -2.32. The molecule has 0 unspecified atom stereocenters. The molecule has 2 aliphatic carbocycles. The Labute approximate surface area is 120 Å². The molecule has 0 aromatic carbocycles. The van der Waals surface area contributed by atoms with Gasteiger partial charge in [0.25, 0.3) is 0 Å². The van der Waals surface area contributed by atoms with Gasteiger partial charge in [-0.05, 0) is 58.7 Å². The Kier molecular flexibility index (Phi) is 7.23. The van der Waals surface area contributed by atoms with Crippen LogP contribution in [0.1, 0.15) is 77.0 Å². The van der Waals surface area contributed by atoms with Crippen molar-refractivity contribution in [3.8, 4) is 0 Å². The summed E-state index contributed by atoms with van der Waals surface area (Å²) in [7, 11) is 2.35. The maximum Gasteiger partial charge on any atom is 0.00922 e. The van der Waals surface area contributed by atoms with Gasteiger partial charge in [-0.1, -0.05) is 38.5 Å². The van der Waals surface area contributed by atoms with E-state index in [-0.39, 0.29) is 0 Å². The van der Waals surface area contributed by atoms with E-state index >= 15 is 0 Å². The van der Waals surface area contributed by atoms with Gasteiger partial charge < -0.3 is 10.2 Å². The van der Waals surface area contributed by atoms with Gasteiger partial charge in [-0.3, -0.25) is 0 Å². The number of unbranched alkanes of at least 4 members (excludes halogenated alkanes) is 3. The van der Waals surface area contributed by atoms with Gasteiger partial charge in [0.1, 0.15) is 0 Å². The SMILES string of the molecule is CN(CCCCCCNC1CC1)C1CCCCCC1. The Balaban J connectivity index is 1.42. The van der Waals surface area contributed by atoms with E-state index < -0.39 is 0 Å². The van der Waals surface area contributed by atoms with Crippen LogP contribution in [-0.4, -0.2) is 37.1 Å². The van der Waals surface area contributed by atoms with Crippen LogP contribution in [0.3, 0.4) is 0 Å². The van der Waals surface area contributed by atoms with E-state index in [0.29, 0.717) is 0 Å². The first-order chi connectivity index (χ1) is 9.36. The molecule has 0 radical (unpaired) electrons. The fourth-order valence-electron chi connectivity index (χ4n) is 3.31. The second-order valence-corrected chi connectivity index (χ2v) is 6.77. The summed E-state index contributed by atoms with van der Waals surface area (Å²) < 4.78 is 0. The fourth-order valence-corrected chi connectivity index (χ4v) is 3.31. The molecule has 0 heterocycles. The molecule has 0 spiro atoms. The number of nitrogens with zero attached hydrogens (tertiary/aromatic N) is 1. The van der Waals surface area contributed by atoms with Crippen molar-refractivity contribution in [1.29, 1.82) is 0 Å². The van der Waals surface area contributed by atoms with Crippen LogP contribution in [0, 0.1) is 0 Å². The third-order valence-electron chi connectivity index (χ3n) is 4.90. The van der Waals surface area contributed by atoms with E-state index in [1.54, 1.807) is 0 Å². The largest absolute Gasteiger partial charge is 0.314 e. The van der Waals surface area contributed by atoms with Crippen molar-refractivity contribution in [1.82, 2.24) is 10.2 Å². The molecule has 2 aliphatic rings. The fraction of sp³-hybridized carbons (Fsp3) is 1.00. The minimum Gasteiger partial charge on any atom is -0.314 e. The van der Waals surface area contributed by atoms with Gasteiger partial charge in [-0.25, -0.2) is 0 Å². The van der Waals surface area contributed by atoms with Gasteiger partial charge in [-0.15, -0.1) is 0 Å². The summed E-state index contributed by atoms with van der Waals surface area (Å²) in [5, 5.41) is 3.60. The van der Waals surface area contributed by atoms with Crippen LogP contribution in [0.5, 0.6) is 0 Å². The molecule has 1 N–H and O–H groups in total. The molecule has 112 valence electrons. The average molecular weight is 266 g/mol. The highest BCUT2D eigenvalue weighted by molar-refractivity contribution is 4.80. The van der Waals surface area contributed by atoms with E-state index in [0.717, 1.165) is 12.1 Å². The minimum atomic E-state index is 0.888.